The summed E-state index contributed by atoms with van der Waals surface area (Å²) in [7, 11) is 3.97. The molecule has 1 heterocycles. The fourth-order valence-electron chi connectivity index (χ4n) is 1.97. The molecule has 0 unspecified atom stereocenters. The van der Waals surface area contributed by atoms with E-state index in [4.69, 9.17) is 4.74 Å². The van der Waals surface area contributed by atoms with Crippen molar-refractivity contribution >= 4 is 5.69 Å². The summed E-state index contributed by atoms with van der Waals surface area (Å²) >= 11 is 0. The number of nitrogens with zero attached hydrogens (tertiary/aromatic N) is 2. The van der Waals surface area contributed by atoms with E-state index in [1.165, 1.54) is 0 Å². The zero-order valence-electron chi connectivity index (χ0n) is 13.0. The molecule has 1 aromatic carbocycles. The van der Waals surface area contributed by atoms with Crippen molar-refractivity contribution in [1.29, 1.82) is 0 Å². The molecule has 21 heavy (non-hydrogen) atoms. The molecule has 0 saturated carbocycles. The van der Waals surface area contributed by atoms with Crippen molar-refractivity contribution in [1.82, 2.24) is 4.98 Å². The van der Waals surface area contributed by atoms with Gasteiger partial charge in [-0.05, 0) is 29.7 Å². The second kappa shape index (κ2) is 6.59. The van der Waals surface area contributed by atoms with E-state index in [1.54, 1.807) is 6.07 Å². The number of ether oxygens (including phenoxy) is 1. The van der Waals surface area contributed by atoms with Crippen molar-refractivity contribution in [2.45, 2.75) is 26.4 Å². The van der Waals surface area contributed by atoms with Crippen molar-refractivity contribution in [3.8, 4) is 11.6 Å². The first kappa shape index (κ1) is 15.3. The molecule has 0 spiro atoms. The van der Waals surface area contributed by atoms with Crippen LogP contribution >= 0.6 is 0 Å². The lowest BCUT2D eigenvalue weighted by atomic mass is 10.1. The zero-order valence-corrected chi connectivity index (χ0v) is 13.0. The van der Waals surface area contributed by atoms with Gasteiger partial charge < -0.3 is 14.7 Å². The SMILES string of the molecule is CC(C)c1cc(CO)cc(Oc2cccc(N(C)C)c2)n1. The Hall–Kier alpha value is -2.07. The predicted molar refractivity (Wildman–Crippen MR) is 85.1 cm³/mol. The number of aromatic nitrogens is 1. The van der Waals surface area contributed by atoms with Gasteiger partial charge in [0.1, 0.15) is 5.75 Å². The van der Waals surface area contributed by atoms with Crippen LogP contribution in [-0.4, -0.2) is 24.2 Å². The number of hydrogen-bond donors (Lipinski definition) is 1. The minimum atomic E-state index is -0.0175. The van der Waals surface area contributed by atoms with Crippen LogP contribution in [0.3, 0.4) is 0 Å². The smallest absolute Gasteiger partial charge is 0.219 e. The van der Waals surface area contributed by atoms with Crippen LogP contribution < -0.4 is 9.64 Å². The van der Waals surface area contributed by atoms with E-state index in [9.17, 15) is 5.11 Å². The monoisotopic (exact) mass is 286 g/mol. The number of aliphatic hydroxyl groups excluding tert-OH is 1. The van der Waals surface area contributed by atoms with E-state index in [0.717, 1.165) is 22.7 Å². The van der Waals surface area contributed by atoms with Gasteiger partial charge in [0.2, 0.25) is 5.88 Å². The highest BCUT2D eigenvalue weighted by Gasteiger charge is 2.08. The second-order valence-electron chi connectivity index (χ2n) is 5.55. The highest BCUT2D eigenvalue weighted by molar-refractivity contribution is 5.50. The van der Waals surface area contributed by atoms with Crippen molar-refractivity contribution in [3.63, 3.8) is 0 Å². The summed E-state index contributed by atoms with van der Waals surface area (Å²) in [6.45, 7) is 4.12. The Morgan fingerprint density at radius 1 is 1.19 bits per heavy atom. The molecule has 0 bridgehead atoms. The Bertz CT molecular complexity index is 609. The minimum absolute atomic E-state index is 0.0175. The van der Waals surface area contributed by atoms with Crippen LogP contribution in [0, 0.1) is 0 Å². The van der Waals surface area contributed by atoms with E-state index >= 15 is 0 Å². The third-order valence-corrected chi connectivity index (χ3v) is 3.21. The molecule has 4 heteroatoms. The Morgan fingerprint density at radius 3 is 2.57 bits per heavy atom. The van der Waals surface area contributed by atoms with Crippen LogP contribution in [0.2, 0.25) is 0 Å². The summed E-state index contributed by atoms with van der Waals surface area (Å²) < 4.78 is 5.85. The number of rotatable bonds is 5. The first-order chi connectivity index (χ1) is 9.99. The second-order valence-corrected chi connectivity index (χ2v) is 5.55. The molecule has 1 N–H and O–H groups in total. The number of aliphatic hydroxyl groups is 1. The molecular weight excluding hydrogens is 264 g/mol. The molecule has 0 aliphatic heterocycles. The van der Waals surface area contributed by atoms with Gasteiger partial charge in [-0.15, -0.1) is 0 Å². The third kappa shape index (κ3) is 3.95. The van der Waals surface area contributed by atoms with Gasteiger partial charge in [0.25, 0.3) is 0 Å². The number of pyridine rings is 1. The summed E-state index contributed by atoms with van der Waals surface area (Å²) in [5.41, 5.74) is 2.79. The summed E-state index contributed by atoms with van der Waals surface area (Å²) in [5.74, 6) is 1.53. The van der Waals surface area contributed by atoms with E-state index in [2.05, 4.69) is 18.8 Å². The van der Waals surface area contributed by atoms with Crippen molar-refractivity contribution < 1.29 is 9.84 Å². The first-order valence-corrected chi connectivity index (χ1v) is 7.06. The predicted octanol–water partition coefficient (Wildman–Crippen LogP) is 3.56. The normalized spacial score (nSPS) is 10.8. The van der Waals surface area contributed by atoms with Crippen LogP contribution in [0.4, 0.5) is 5.69 Å². The lowest BCUT2D eigenvalue weighted by molar-refractivity contribution is 0.280. The molecule has 0 radical (unpaired) electrons. The largest absolute Gasteiger partial charge is 0.439 e. The van der Waals surface area contributed by atoms with Gasteiger partial charge in [-0.25, -0.2) is 4.98 Å². The molecule has 0 aliphatic rings. The number of hydrogen-bond acceptors (Lipinski definition) is 4. The molecule has 0 fully saturated rings. The van der Waals surface area contributed by atoms with Crippen molar-refractivity contribution in [2.75, 3.05) is 19.0 Å². The maximum atomic E-state index is 9.36. The van der Waals surface area contributed by atoms with Gasteiger partial charge >= 0.3 is 0 Å². The molecule has 4 nitrogen and oxygen atoms in total. The average Bonchev–Trinajstić information content (AvgIpc) is 2.47. The Labute approximate surface area is 126 Å². The fourth-order valence-corrected chi connectivity index (χ4v) is 1.97. The van der Waals surface area contributed by atoms with Gasteiger partial charge in [0, 0.05) is 37.6 Å². The minimum Gasteiger partial charge on any atom is -0.439 e. The Balaban J connectivity index is 2.30. The standard InChI is InChI=1S/C17H22N2O2/c1-12(2)16-8-13(11-20)9-17(18-16)21-15-7-5-6-14(10-15)19(3)4/h5-10,12,20H,11H2,1-4H3. The quantitative estimate of drug-likeness (QED) is 0.913. The third-order valence-electron chi connectivity index (χ3n) is 3.21. The molecule has 2 rings (SSSR count). The van der Waals surface area contributed by atoms with Crippen LogP contribution in [-0.2, 0) is 6.61 Å². The topological polar surface area (TPSA) is 45.6 Å². The molecule has 0 amide bonds. The van der Waals surface area contributed by atoms with Crippen molar-refractivity contribution in [3.05, 3.63) is 47.7 Å². The van der Waals surface area contributed by atoms with Crippen molar-refractivity contribution in [2.24, 2.45) is 0 Å². The Kier molecular flexibility index (Phi) is 4.81. The molecular formula is C17H22N2O2. The molecule has 0 saturated heterocycles. The fraction of sp³-hybridized carbons (Fsp3) is 0.353. The highest BCUT2D eigenvalue weighted by atomic mass is 16.5. The summed E-state index contributed by atoms with van der Waals surface area (Å²) in [6, 6.07) is 11.5. The Morgan fingerprint density at radius 2 is 1.95 bits per heavy atom. The van der Waals surface area contributed by atoms with Gasteiger partial charge in [-0.2, -0.15) is 0 Å². The van der Waals surface area contributed by atoms with Crippen LogP contribution in [0.1, 0.15) is 31.0 Å². The summed E-state index contributed by atoms with van der Waals surface area (Å²) in [5, 5.41) is 9.36. The number of benzene rings is 1. The van der Waals surface area contributed by atoms with Crippen LogP contribution in [0.15, 0.2) is 36.4 Å². The maximum absolute atomic E-state index is 9.36. The maximum Gasteiger partial charge on any atom is 0.219 e. The molecule has 1 aromatic heterocycles. The summed E-state index contributed by atoms with van der Waals surface area (Å²) in [6.07, 6.45) is 0. The van der Waals surface area contributed by atoms with E-state index < -0.39 is 0 Å². The van der Waals surface area contributed by atoms with E-state index in [1.807, 2.05) is 49.3 Å². The average molecular weight is 286 g/mol. The molecule has 2 aromatic rings. The van der Waals surface area contributed by atoms with Crippen LogP contribution in [0.25, 0.3) is 0 Å². The van der Waals surface area contributed by atoms with E-state index in [-0.39, 0.29) is 12.5 Å². The molecule has 112 valence electrons. The lowest BCUT2D eigenvalue weighted by Crippen LogP contribution is -2.08. The number of anilines is 1. The van der Waals surface area contributed by atoms with Crippen LogP contribution in [0.5, 0.6) is 11.6 Å². The van der Waals surface area contributed by atoms with Gasteiger partial charge in [-0.3, -0.25) is 0 Å². The van der Waals surface area contributed by atoms with Gasteiger partial charge in [-0.1, -0.05) is 19.9 Å². The summed E-state index contributed by atoms with van der Waals surface area (Å²) in [4.78, 5) is 6.52. The first-order valence-electron chi connectivity index (χ1n) is 7.06. The van der Waals surface area contributed by atoms with E-state index in [0.29, 0.717) is 5.88 Å². The highest BCUT2D eigenvalue weighted by Crippen LogP contribution is 2.26. The van der Waals surface area contributed by atoms with Gasteiger partial charge in [0.15, 0.2) is 0 Å². The molecule has 0 aliphatic carbocycles. The molecule has 0 atom stereocenters. The van der Waals surface area contributed by atoms with Gasteiger partial charge in [0.05, 0.1) is 6.61 Å². The zero-order chi connectivity index (χ0) is 15.4. The lowest BCUT2D eigenvalue weighted by Gasteiger charge is -2.14.